The molecule has 2 saturated heterocycles. The van der Waals surface area contributed by atoms with Crippen molar-refractivity contribution in [1.29, 1.82) is 0 Å². The number of nitrogens with zero attached hydrogens (tertiary/aromatic N) is 1. The van der Waals surface area contributed by atoms with Crippen molar-refractivity contribution >= 4 is 21.9 Å². The van der Waals surface area contributed by atoms with Gasteiger partial charge in [-0.1, -0.05) is 0 Å². The van der Waals surface area contributed by atoms with Crippen LogP contribution in [-0.2, 0) is 14.8 Å². The molecule has 1 atom stereocenters. The number of hydrogen-bond acceptors (Lipinski definition) is 4. The number of carbonyl (C=O) groups is 2. The molecule has 2 fully saturated rings. The Hall–Kier alpha value is -1.93. The van der Waals surface area contributed by atoms with Crippen LogP contribution in [0.3, 0.4) is 0 Å². The van der Waals surface area contributed by atoms with Crippen LogP contribution in [-0.4, -0.2) is 49.3 Å². The number of hydrogen-bond donors (Lipinski definition) is 2. The second kappa shape index (κ2) is 5.31. The molecule has 0 aromatic heterocycles. The number of benzene rings is 1. The molecule has 2 heterocycles. The van der Waals surface area contributed by atoms with E-state index in [0.717, 1.165) is 0 Å². The number of amides is 1. The Labute approximate surface area is 134 Å². The lowest BCUT2D eigenvalue weighted by molar-refractivity contribution is -0.119. The van der Waals surface area contributed by atoms with Crippen molar-refractivity contribution in [2.45, 2.75) is 24.7 Å². The molecule has 8 heteroatoms. The van der Waals surface area contributed by atoms with Crippen molar-refractivity contribution in [3.8, 4) is 0 Å². The molecule has 0 saturated carbocycles. The first-order valence-electron chi connectivity index (χ1n) is 7.34. The lowest BCUT2D eigenvalue weighted by Gasteiger charge is -2.22. The summed E-state index contributed by atoms with van der Waals surface area (Å²) in [5.74, 6) is -1.12. The summed E-state index contributed by atoms with van der Waals surface area (Å²) in [4.78, 5) is 22.6. The van der Waals surface area contributed by atoms with E-state index in [9.17, 15) is 18.0 Å². The number of sulfonamides is 1. The van der Waals surface area contributed by atoms with Crippen LogP contribution in [0.25, 0.3) is 0 Å². The van der Waals surface area contributed by atoms with E-state index in [1.165, 1.54) is 22.5 Å². The van der Waals surface area contributed by atoms with Gasteiger partial charge < -0.3 is 10.4 Å². The maximum Gasteiger partial charge on any atom is 0.335 e. The summed E-state index contributed by atoms with van der Waals surface area (Å²) < 4.78 is 26.9. The Bertz CT molecular complexity index is 789. The van der Waals surface area contributed by atoms with E-state index in [4.69, 9.17) is 5.11 Å². The minimum absolute atomic E-state index is 0.0362. The Morgan fingerprint density at radius 3 is 2.70 bits per heavy atom. The standard InChI is InChI=1S/C15H18N2O5S/c1-10-6-11(2-3-12(10)14(19)20)23(21,22)17-5-4-15(9-17)7-13(18)16-8-15/h2-3,6H,4-5,7-9H2,1H3,(H,16,18)(H,19,20). The van der Waals surface area contributed by atoms with Gasteiger partial charge in [-0.15, -0.1) is 0 Å². The van der Waals surface area contributed by atoms with Crippen molar-refractivity contribution in [2.24, 2.45) is 5.41 Å². The summed E-state index contributed by atoms with van der Waals surface area (Å²) in [7, 11) is -3.68. The molecule has 2 aliphatic heterocycles. The Morgan fingerprint density at radius 1 is 1.39 bits per heavy atom. The largest absolute Gasteiger partial charge is 0.478 e. The van der Waals surface area contributed by atoms with Crippen LogP contribution in [0.2, 0.25) is 0 Å². The number of nitrogens with one attached hydrogen (secondary N) is 1. The first-order valence-corrected chi connectivity index (χ1v) is 8.78. The highest BCUT2D eigenvalue weighted by Gasteiger charge is 2.47. The van der Waals surface area contributed by atoms with Crippen molar-refractivity contribution < 1.29 is 23.1 Å². The van der Waals surface area contributed by atoms with Crippen LogP contribution in [0.15, 0.2) is 23.1 Å². The molecular weight excluding hydrogens is 320 g/mol. The summed E-state index contributed by atoms with van der Waals surface area (Å²) in [6, 6.07) is 4.04. The van der Waals surface area contributed by atoms with Crippen LogP contribution in [0.4, 0.5) is 0 Å². The zero-order chi connectivity index (χ0) is 16.8. The van der Waals surface area contributed by atoms with Gasteiger partial charge in [0.2, 0.25) is 15.9 Å². The molecule has 0 aliphatic carbocycles. The highest BCUT2D eigenvalue weighted by Crippen LogP contribution is 2.38. The molecule has 0 radical (unpaired) electrons. The third-order valence-corrected chi connectivity index (χ3v) is 6.51. The van der Waals surface area contributed by atoms with E-state index in [2.05, 4.69) is 5.32 Å². The highest BCUT2D eigenvalue weighted by molar-refractivity contribution is 7.89. The van der Waals surface area contributed by atoms with Gasteiger partial charge in [0.1, 0.15) is 0 Å². The Morgan fingerprint density at radius 2 is 2.13 bits per heavy atom. The molecule has 3 rings (SSSR count). The topological polar surface area (TPSA) is 104 Å². The van der Waals surface area contributed by atoms with Gasteiger partial charge in [0.05, 0.1) is 10.5 Å². The summed E-state index contributed by atoms with van der Waals surface area (Å²) in [6.45, 7) is 2.77. The van der Waals surface area contributed by atoms with Gasteiger partial charge in [0.25, 0.3) is 0 Å². The maximum absolute atomic E-state index is 12.8. The number of aromatic carboxylic acids is 1. The Kier molecular flexibility index (Phi) is 3.68. The molecule has 2 N–H and O–H groups in total. The fourth-order valence-corrected chi connectivity index (χ4v) is 4.96. The van der Waals surface area contributed by atoms with E-state index < -0.39 is 16.0 Å². The van der Waals surface area contributed by atoms with E-state index in [-0.39, 0.29) is 21.8 Å². The number of aryl methyl sites for hydroxylation is 1. The minimum Gasteiger partial charge on any atom is -0.478 e. The second-order valence-electron chi connectivity index (χ2n) is 6.32. The number of rotatable bonds is 3. The molecule has 1 aromatic rings. The fourth-order valence-electron chi connectivity index (χ4n) is 3.33. The minimum atomic E-state index is -3.68. The van der Waals surface area contributed by atoms with E-state index in [1.54, 1.807) is 6.92 Å². The van der Waals surface area contributed by atoms with Crippen LogP contribution in [0.5, 0.6) is 0 Å². The molecular formula is C15H18N2O5S. The summed E-state index contributed by atoms with van der Waals surface area (Å²) in [5.41, 5.74) is 0.192. The van der Waals surface area contributed by atoms with Gasteiger partial charge in [-0.3, -0.25) is 4.79 Å². The molecule has 1 amide bonds. The average molecular weight is 338 g/mol. The first kappa shape index (κ1) is 15.9. The molecule has 1 spiro atoms. The normalized spacial score (nSPS) is 25.0. The van der Waals surface area contributed by atoms with E-state index >= 15 is 0 Å². The van der Waals surface area contributed by atoms with Crippen LogP contribution >= 0.6 is 0 Å². The van der Waals surface area contributed by atoms with Gasteiger partial charge in [-0.05, 0) is 37.1 Å². The summed E-state index contributed by atoms with van der Waals surface area (Å²) in [6.07, 6.45) is 1.01. The number of carbonyl (C=O) groups excluding carboxylic acids is 1. The molecule has 1 unspecified atom stereocenters. The maximum atomic E-state index is 12.8. The Balaban J connectivity index is 1.87. The lowest BCUT2D eigenvalue weighted by Crippen LogP contribution is -2.33. The van der Waals surface area contributed by atoms with Crippen molar-refractivity contribution in [3.05, 3.63) is 29.3 Å². The van der Waals surface area contributed by atoms with Crippen LogP contribution in [0.1, 0.15) is 28.8 Å². The van der Waals surface area contributed by atoms with E-state index in [0.29, 0.717) is 38.0 Å². The van der Waals surface area contributed by atoms with Crippen LogP contribution < -0.4 is 5.32 Å². The zero-order valence-electron chi connectivity index (χ0n) is 12.7. The highest BCUT2D eigenvalue weighted by atomic mass is 32.2. The SMILES string of the molecule is Cc1cc(S(=O)(=O)N2CCC3(CNC(=O)C3)C2)ccc1C(=O)O. The van der Waals surface area contributed by atoms with Gasteiger partial charge in [0.15, 0.2) is 0 Å². The summed E-state index contributed by atoms with van der Waals surface area (Å²) >= 11 is 0. The zero-order valence-corrected chi connectivity index (χ0v) is 13.5. The number of carboxylic acid groups (broad SMARTS) is 1. The van der Waals surface area contributed by atoms with Gasteiger partial charge in [-0.2, -0.15) is 4.31 Å². The van der Waals surface area contributed by atoms with Gasteiger partial charge >= 0.3 is 5.97 Å². The molecule has 0 bridgehead atoms. The van der Waals surface area contributed by atoms with Gasteiger partial charge in [-0.25, -0.2) is 13.2 Å². The van der Waals surface area contributed by atoms with Crippen molar-refractivity contribution in [3.63, 3.8) is 0 Å². The third-order valence-electron chi connectivity index (χ3n) is 4.67. The molecule has 1 aromatic carbocycles. The van der Waals surface area contributed by atoms with E-state index in [1.807, 2.05) is 0 Å². The predicted octanol–water partition coefficient (Wildman–Crippen LogP) is 0.594. The third kappa shape index (κ3) is 2.72. The van der Waals surface area contributed by atoms with Gasteiger partial charge in [0, 0.05) is 31.5 Å². The second-order valence-corrected chi connectivity index (χ2v) is 8.26. The van der Waals surface area contributed by atoms with Crippen molar-refractivity contribution in [1.82, 2.24) is 9.62 Å². The van der Waals surface area contributed by atoms with Crippen molar-refractivity contribution in [2.75, 3.05) is 19.6 Å². The fraction of sp³-hybridized carbons (Fsp3) is 0.467. The lowest BCUT2D eigenvalue weighted by atomic mass is 9.86. The molecule has 2 aliphatic rings. The van der Waals surface area contributed by atoms with Crippen LogP contribution in [0, 0.1) is 12.3 Å². The predicted molar refractivity (Wildman–Crippen MR) is 81.6 cm³/mol. The quantitative estimate of drug-likeness (QED) is 0.840. The average Bonchev–Trinajstić information content (AvgIpc) is 3.06. The molecule has 7 nitrogen and oxygen atoms in total. The first-order chi connectivity index (χ1) is 10.7. The summed E-state index contributed by atoms with van der Waals surface area (Å²) in [5, 5.41) is 11.8. The monoisotopic (exact) mass is 338 g/mol. The molecule has 124 valence electrons. The smallest absolute Gasteiger partial charge is 0.335 e. The number of carboxylic acids is 1. The molecule has 23 heavy (non-hydrogen) atoms.